The van der Waals surface area contributed by atoms with Crippen LogP contribution in [0.25, 0.3) is 0 Å². The highest BCUT2D eigenvalue weighted by Crippen LogP contribution is 2.37. The Kier molecular flexibility index (Phi) is 1.83. The highest BCUT2D eigenvalue weighted by atomic mass is 16.1. The second kappa shape index (κ2) is 2.73. The minimum atomic E-state index is 0.240. The van der Waals surface area contributed by atoms with Crippen LogP contribution in [0, 0.1) is 5.41 Å². The standard InChI is InChI=1S/C9H16N2O/c1-7-4-9(2-3-10-7)5-8(12)11-6-9/h7,10H,2-6H2,1H3,(H,11,12)/t7-,9+/m1/s1. The van der Waals surface area contributed by atoms with Crippen molar-refractivity contribution in [1.29, 1.82) is 0 Å². The van der Waals surface area contributed by atoms with Crippen molar-refractivity contribution in [3.8, 4) is 0 Å². The first-order valence-electron chi connectivity index (χ1n) is 4.70. The summed E-state index contributed by atoms with van der Waals surface area (Å²) in [5.74, 6) is 0.240. The number of nitrogens with one attached hydrogen (secondary N) is 2. The molecule has 3 heteroatoms. The average Bonchev–Trinajstić information content (AvgIpc) is 2.32. The van der Waals surface area contributed by atoms with E-state index in [1.54, 1.807) is 0 Å². The van der Waals surface area contributed by atoms with Gasteiger partial charge in [-0.1, -0.05) is 0 Å². The maximum atomic E-state index is 11.1. The molecule has 3 nitrogen and oxygen atoms in total. The smallest absolute Gasteiger partial charge is 0.220 e. The van der Waals surface area contributed by atoms with Crippen molar-refractivity contribution in [2.75, 3.05) is 13.1 Å². The Morgan fingerprint density at radius 1 is 1.58 bits per heavy atom. The van der Waals surface area contributed by atoms with Crippen molar-refractivity contribution >= 4 is 5.91 Å². The molecule has 0 bridgehead atoms. The lowest BCUT2D eigenvalue weighted by atomic mass is 9.76. The van der Waals surface area contributed by atoms with Crippen molar-refractivity contribution in [3.63, 3.8) is 0 Å². The number of hydrogen-bond donors (Lipinski definition) is 2. The number of amides is 1. The topological polar surface area (TPSA) is 41.1 Å². The number of carbonyl (C=O) groups is 1. The minimum absolute atomic E-state index is 0.240. The van der Waals surface area contributed by atoms with E-state index in [9.17, 15) is 4.79 Å². The summed E-state index contributed by atoms with van der Waals surface area (Å²) in [5.41, 5.74) is 0.293. The van der Waals surface area contributed by atoms with E-state index in [1.165, 1.54) is 0 Å². The molecule has 0 aromatic carbocycles. The Morgan fingerprint density at radius 2 is 2.42 bits per heavy atom. The van der Waals surface area contributed by atoms with Crippen LogP contribution in [0.2, 0.25) is 0 Å². The predicted octanol–water partition coefficient (Wildman–Crippen LogP) is 0.265. The van der Waals surface area contributed by atoms with Crippen LogP contribution in [0.5, 0.6) is 0 Å². The zero-order chi connectivity index (χ0) is 8.60. The van der Waals surface area contributed by atoms with Gasteiger partial charge in [0.25, 0.3) is 0 Å². The normalized spacial score (nSPS) is 41.8. The number of rotatable bonds is 0. The third-order valence-electron chi connectivity index (χ3n) is 3.08. The summed E-state index contributed by atoms with van der Waals surface area (Å²) in [7, 11) is 0. The molecule has 2 fully saturated rings. The molecule has 1 spiro atoms. The van der Waals surface area contributed by atoms with Crippen LogP contribution < -0.4 is 10.6 Å². The van der Waals surface area contributed by atoms with Gasteiger partial charge in [-0.2, -0.15) is 0 Å². The van der Waals surface area contributed by atoms with E-state index in [4.69, 9.17) is 0 Å². The van der Waals surface area contributed by atoms with Crippen LogP contribution >= 0.6 is 0 Å². The minimum Gasteiger partial charge on any atom is -0.356 e. The monoisotopic (exact) mass is 168 g/mol. The highest BCUT2D eigenvalue weighted by molar-refractivity contribution is 5.79. The summed E-state index contributed by atoms with van der Waals surface area (Å²) < 4.78 is 0. The van der Waals surface area contributed by atoms with Crippen LogP contribution in [-0.4, -0.2) is 25.0 Å². The van der Waals surface area contributed by atoms with Gasteiger partial charge in [0.2, 0.25) is 5.91 Å². The van der Waals surface area contributed by atoms with Crippen LogP contribution in [0.1, 0.15) is 26.2 Å². The van der Waals surface area contributed by atoms with Crippen LogP contribution in [-0.2, 0) is 4.79 Å². The van der Waals surface area contributed by atoms with E-state index in [1.807, 2.05) is 0 Å². The zero-order valence-electron chi connectivity index (χ0n) is 7.52. The summed E-state index contributed by atoms with van der Waals surface area (Å²) in [6, 6.07) is 0.575. The van der Waals surface area contributed by atoms with E-state index in [2.05, 4.69) is 17.6 Å². The maximum Gasteiger partial charge on any atom is 0.220 e. The lowest BCUT2D eigenvalue weighted by molar-refractivity contribution is -0.119. The molecule has 2 rings (SSSR count). The fraction of sp³-hybridized carbons (Fsp3) is 0.889. The predicted molar refractivity (Wildman–Crippen MR) is 46.8 cm³/mol. The molecule has 68 valence electrons. The van der Waals surface area contributed by atoms with E-state index >= 15 is 0 Å². The fourth-order valence-electron chi connectivity index (χ4n) is 2.48. The summed E-state index contributed by atoms with van der Waals surface area (Å²) >= 11 is 0. The Hall–Kier alpha value is -0.570. The Morgan fingerprint density at radius 3 is 3.00 bits per heavy atom. The van der Waals surface area contributed by atoms with E-state index < -0.39 is 0 Å². The van der Waals surface area contributed by atoms with Gasteiger partial charge in [-0.05, 0) is 31.7 Å². The molecule has 0 aliphatic carbocycles. The van der Waals surface area contributed by atoms with E-state index in [0.29, 0.717) is 11.5 Å². The van der Waals surface area contributed by atoms with Gasteiger partial charge in [0, 0.05) is 19.0 Å². The molecule has 0 radical (unpaired) electrons. The first-order valence-corrected chi connectivity index (χ1v) is 4.70. The third-order valence-corrected chi connectivity index (χ3v) is 3.08. The van der Waals surface area contributed by atoms with Gasteiger partial charge < -0.3 is 10.6 Å². The molecule has 0 unspecified atom stereocenters. The van der Waals surface area contributed by atoms with Gasteiger partial charge in [0.1, 0.15) is 0 Å². The van der Waals surface area contributed by atoms with Gasteiger partial charge in [0.05, 0.1) is 0 Å². The van der Waals surface area contributed by atoms with Gasteiger partial charge >= 0.3 is 0 Å². The van der Waals surface area contributed by atoms with Crippen LogP contribution in [0.3, 0.4) is 0 Å². The average molecular weight is 168 g/mol. The molecule has 1 amide bonds. The van der Waals surface area contributed by atoms with Crippen molar-refractivity contribution in [1.82, 2.24) is 10.6 Å². The maximum absolute atomic E-state index is 11.1. The summed E-state index contributed by atoms with van der Waals surface area (Å²) in [5, 5.41) is 6.34. The van der Waals surface area contributed by atoms with Crippen LogP contribution in [0.15, 0.2) is 0 Å². The molecule has 2 atom stereocenters. The van der Waals surface area contributed by atoms with Crippen molar-refractivity contribution < 1.29 is 4.79 Å². The molecular weight excluding hydrogens is 152 g/mol. The largest absolute Gasteiger partial charge is 0.356 e. The molecule has 0 aromatic rings. The lowest BCUT2D eigenvalue weighted by Gasteiger charge is -2.35. The molecule has 0 saturated carbocycles. The summed E-state index contributed by atoms with van der Waals surface area (Å²) in [6.45, 7) is 4.16. The van der Waals surface area contributed by atoms with Crippen LogP contribution in [0.4, 0.5) is 0 Å². The second-order valence-corrected chi connectivity index (χ2v) is 4.26. The zero-order valence-corrected chi connectivity index (χ0v) is 7.52. The third kappa shape index (κ3) is 1.33. The molecule has 12 heavy (non-hydrogen) atoms. The quantitative estimate of drug-likeness (QED) is 0.545. The van der Waals surface area contributed by atoms with E-state index in [-0.39, 0.29) is 5.91 Å². The van der Waals surface area contributed by atoms with Gasteiger partial charge in [-0.3, -0.25) is 4.79 Å². The molecular formula is C9H16N2O. The molecule has 2 saturated heterocycles. The van der Waals surface area contributed by atoms with E-state index in [0.717, 1.165) is 32.4 Å². The first-order chi connectivity index (χ1) is 5.70. The van der Waals surface area contributed by atoms with Gasteiger partial charge in [0.15, 0.2) is 0 Å². The molecule has 2 N–H and O–H groups in total. The Labute approximate surface area is 72.9 Å². The highest BCUT2D eigenvalue weighted by Gasteiger charge is 2.40. The Bertz CT molecular complexity index is 205. The fourth-order valence-corrected chi connectivity index (χ4v) is 2.48. The van der Waals surface area contributed by atoms with Crippen molar-refractivity contribution in [3.05, 3.63) is 0 Å². The molecule has 2 aliphatic heterocycles. The number of carbonyl (C=O) groups excluding carboxylic acids is 1. The molecule has 2 aliphatic rings. The van der Waals surface area contributed by atoms with Gasteiger partial charge in [-0.15, -0.1) is 0 Å². The number of piperidine rings is 1. The first kappa shape index (κ1) is 8.05. The summed E-state index contributed by atoms with van der Waals surface area (Å²) in [6.07, 6.45) is 3.04. The molecule has 2 heterocycles. The Balaban J connectivity index is 2.05. The summed E-state index contributed by atoms with van der Waals surface area (Å²) in [4.78, 5) is 11.1. The van der Waals surface area contributed by atoms with Gasteiger partial charge in [-0.25, -0.2) is 0 Å². The number of hydrogen-bond acceptors (Lipinski definition) is 2. The van der Waals surface area contributed by atoms with Crippen molar-refractivity contribution in [2.45, 2.75) is 32.2 Å². The molecule has 0 aromatic heterocycles. The van der Waals surface area contributed by atoms with Crippen molar-refractivity contribution in [2.24, 2.45) is 5.41 Å². The SMILES string of the molecule is C[C@@H]1C[C@]2(CCN1)CNC(=O)C2. The lowest BCUT2D eigenvalue weighted by Crippen LogP contribution is -2.43. The second-order valence-electron chi connectivity index (χ2n) is 4.26.